The summed E-state index contributed by atoms with van der Waals surface area (Å²) in [6, 6.07) is 12.3. The Morgan fingerprint density at radius 3 is 2.69 bits per heavy atom. The van der Waals surface area contributed by atoms with E-state index in [0.717, 1.165) is 24.8 Å². The zero-order valence-electron chi connectivity index (χ0n) is 15.9. The van der Waals surface area contributed by atoms with E-state index in [1.54, 1.807) is 0 Å². The number of fused-ring (bicyclic) bond motifs is 1. The van der Waals surface area contributed by atoms with Crippen LogP contribution in [0.25, 0.3) is 0 Å². The van der Waals surface area contributed by atoms with Crippen LogP contribution in [-0.4, -0.2) is 44.9 Å². The summed E-state index contributed by atoms with van der Waals surface area (Å²) in [4.78, 5) is 13.0. The van der Waals surface area contributed by atoms with Crippen molar-refractivity contribution in [2.24, 2.45) is 0 Å². The predicted molar refractivity (Wildman–Crippen MR) is 111 cm³/mol. The number of carbonyl (C=O) groups is 1. The van der Waals surface area contributed by atoms with E-state index in [9.17, 15) is 13.2 Å². The van der Waals surface area contributed by atoms with E-state index in [0.29, 0.717) is 26.3 Å². The number of nitrogens with zero attached hydrogens (tertiary/aromatic N) is 1. The molecule has 0 aromatic heterocycles. The van der Waals surface area contributed by atoms with Crippen molar-refractivity contribution in [2.45, 2.75) is 30.2 Å². The van der Waals surface area contributed by atoms with E-state index in [1.807, 2.05) is 18.2 Å². The lowest BCUT2D eigenvalue weighted by Crippen LogP contribution is -2.40. The van der Waals surface area contributed by atoms with Crippen molar-refractivity contribution >= 4 is 27.5 Å². The summed E-state index contributed by atoms with van der Waals surface area (Å²) in [7, 11) is -3.70. The maximum Gasteiger partial charge on any atom is 0.253 e. The smallest absolute Gasteiger partial charge is 0.253 e. The summed E-state index contributed by atoms with van der Waals surface area (Å²) < 4.78 is 32.5. The van der Waals surface area contributed by atoms with Gasteiger partial charge < -0.3 is 10.1 Å². The van der Waals surface area contributed by atoms with Crippen molar-refractivity contribution in [3.8, 4) is 0 Å². The van der Waals surface area contributed by atoms with Gasteiger partial charge in [0.25, 0.3) is 5.91 Å². The predicted octanol–water partition coefficient (Wildman–Crippen LogP) is 3.17. The van der Waals surface area contributed by atoms with Gasteiger partial charge in [-0.2, -0.15) is 4.31 Å². The minimum Gasteiger partial charge on any atom is -0.379 e. The molecule has 1 aliphatic heterocycles. The van der Waals surface area contributed by atoms with Crippen molar-refractivity contribution in [3.63, 3.8) is 0 Å². The molecule has 154 valence electrons. The van der Waals surface area contributed by atoms with E-state index in [1.165, 1.54) is 28.1 Å². The number of rotatable bonds is 4. The average molecular weight is 435 g/mol. The van der Waals surface area contributed by atoms with Crippen LogP contribution in [0.1, 0.15) is 40.4 Å². The first kappa shape index (κ1) is 20.3. The van der Waals surface area contributed by atoms with E-state index >= 15 is 0 Å². The zero-order valence-corrected chi connectivity index (χ0v) is 17.5. The monoisotopic (exact) mass is 434 g/mol. The molecule has 1 aliphatic carbocycles. The van der Waals surface area contributed by atoms with Crippen LogP contribution in [0.15, 0.2) is 47.4 Å². The highest BCUT2D eigenvalue weighted by atomic mass is 35.5. The van der Waals surface area contributed by atoms with Gasteiger partial charge in [-0.3, -0.25) is 4.79 Å². The lowest BCUT2D eigenvalue weighted by molar-refractivity contribution is 0.0730. The normalized spacial score (nSPS) is 20.1. The van der Waals surface area contributed by atoms with Gasteiger partial charge in [-0.25, -0.2) is 8.42 Å². The highest BCUT2D eigenvalue weighted by molar-refractivity contribution is 7.89. The summed E-state index contributed by atoms with van der Waals surface area (Å²) >= 11 is 6.26. The number of carbonyl (C=O) groups excluding carboxylic acids is 1. The molecular formula is C21H23ClN2O4S. The van der Waals surface area contributed by atoms with Crippen molar-refractivity contribution in [2.75, 3.05) is 26.3 Å². The standard InChI is InChI=1S/C21H23ClN2O4S/c22-19-9-8-16(29(26,27)24-10-12-28-13-11-24)14-18(19)21(25)23-20-7-3-5-15-4-1-2-6-17(15)20/h1-2,4,6,8-9,14,20H,3,5,7,10-13H2,(H,23,25)/t20-/m0/s1. The summed E-state index contributed by atoms with van der Waals surface area (Å²) in [6.45, 7) is 1.32. The molecule has 2 aromatic rings. The molecule has 0 radical (unpaired) electrons. The molecule has 1 fully saturated rings. The summed E-state index contributed by atoms with van der Waals surface area (Å²) in [5.41, 5.74) is 2.52. The topological polar surface area (TPSA) is 75.7 Å². The van der Waals surface area contributed by atoms with Gasteiger partial charge in [-0.15, -0.1) is 0 Å². The number of aryl methyl sites for hydroxylation is 1. The minimum atomic E-state index is -3.70. The Kier molecular flexibility index (Phi) is 5.92. The van der Waals surface area contributed by atoms with Gasteiger partial charge in [0, 0.05) is 13.1 Å². The van der Waals surface area contributed by atoms with Crippen molar-refractivity contribution < 1.29 is 17.9 Å². The second-order valence-electron chi connectivity index (χ2n) is 7.28. The third-order valence-electron chi connectivity index (χ3n) is 5.47. The fourth-order valence-corrected chi connectivity index (χ4v) is 5.55. The number of hydrogen-bond donors (Lipinski definition) is 1. The van der Waals surface area contributed by atoms with Gasteiger partial charge in [0.05, 0.1) is 34.7 Å². The summed E-state index contributed by atoms with van der Waals surface area (Å²) in [5.74, 6) is -0.365. The maximum absolute atomic E-state index is 13.0. The highest BCUT2D eigenvalue weighted by Crippen LogP contribution is 2.30. The number of halogens is 1. The lowest BCUT2D eigenvalue weighted by atomic mass is 9.87. The molecule has 0 bridgehead atoms. The van der Waals surface area contributed by atoms with Gasteiger partial charge in [0.1, 0.15) is 0 Å². The molecule has 1 saturated heterocycles. The van der Waals surface area contributed by atoms with Gasteiger partial charge >= 0.3 is 0 Å². The van der Waals surface area contributed by atoms with Crippen LogP contribution in [0, 0.1) is 0 Å². The van der Waals surface area contributed by atoms with Crippen molar-refractivity contribution in [1.82, 2.24) is 9.62 Å². The Hall–Kier alpha value is -1.93. The first-order chi connectivity index (χ1) is 14.0. The van der Waals surface area contributed by atoms with Crippen LogP contribution in [0.4, 0.5) is 0 Å². The molecule has 1 atom stereocenters. The Labute approximate surface area is 175 Å². The molecule has 1 amide bonds. The lowest BCUT2D eigenvalue weighted by Gasteiger charge is -2.27. The molecule has 2 aromatic carbocycles. The van der Waals surface area contributed by atoms with E-state index in [-0.39, 0.29) is 27.4 Å². The van der Waals surface area contributed by atoms with Crippen LogP contribution in [0.2, 0.25) is 5.02 Å². The third kappa shape index (κ3) is 4.19. The molecule has 1 N–H and O–H groups in total. The molecule has 4 rings (SSSR count). The van der Waals surface area contributed by atoms with Crippen LogP contribution in [0.3, 0.4) is 0 Å². The Balaban J connectivity index is 1.59. The first-order valence-electron chi connectivity index (χ1n) is 9.73. The van der Waals surface area contributed by atoms with Gasteiger partial charge in [0.15, 0.2) is 0 Å². The highest BCUT2D eigenvalue weighted by Gasteiger charge is 2.28. The molecule has 0 spiro atoms. The second-order valence-corrected chi connectivity index (χ2v) is 9.62. The number of ether oxygens (including phenoxy) is 1. The molecule has 1 heterocycles. The summed E-state index contributed by atoms with van der Waals surface area (Å²) in [6.07, 6.45) is 2.82. The van der Waals surface area contributed by atoms with Crippen LogP contribution in [0.5, 0.6) is 0 Å². The summed E-state index contributed by atoms with van der Waals surface area (Å²) in [5, 5.41) is 3.27. The molecule has 6 nitrogen and oxygen atoms in total. The van der Waals surface area contributed by atoms with Crippen LogP contribution in [-0.2, 0) is 21.2 Å². The van der Waals surface area contributed by atoms with Crippen molar-refractivity contribution in [1.29, 1.82) is 0 Å². The van der Waals surface area contributed by atoms with E-state index in [4.69, 9.17) is 16.3 Å². The Morgan fingerprint density at radius 1 is 1.14 bits per heavy atom. The average Bonchev–Trinajstić information content (AvgIpc) is 2.75. The van der Waals surface area contributed by atoms with Crippen molar-refractivity contribution in [3.05, 3.63) is 64.2 Å². The van der Waals surface area contributed by atoms with E-state index < -0.39 is 10.0 Å². The quantitative estimate of drug-likeness (QED) is 0.801. The maximum atomic E-state index is 13.0. The molecule has 29 heavy (non-hydrogen) atoms. The van der Waals surface area contributed by atoms with Gasteiger partial charge in [-0.1, -0.05) is 35.9 Å². The zero-order chi connectivity index (χ0) is 20.4. The van der Waals surface area contributed by atoms with Gasteiger partial charge in [-0.05, 0) is 48.6 Å². The number of amides is 1. The largest absolute Gasteiger partial charge is 0.379 e. The minimum absolute atomic E-state index is 0.0676. The number of nitrogens with one attached hydrogen (secondary N) is 1. The number of hydrogen-bond acceptors (Lipinski definition) is 4. The number of benzene rings is 2. The Morgan fingerprint density at radius 2 is 1.90 bits per heavy atom. The van der Waals surface area contributed by atoms with Gasteiger partial charge in [0.2, 0.25) is 10.0 Å². The molecule has 8 heteroatoms. The second kappa shape index (κ2) is 8.44. The molecule has 0 saturated carbocycles. The molecule has 0 unspecified atom stereocenters. The number of morpholine rings is 1. The third-order valence-corrected chi connectivity index (χ3v) is 7.69. The molecule has 2 aliphatic rings. The van der Waals surface area contributed by atoms with Crippen LogP contribution < -0.4 is 5.32 Å². The number of sulfonamides is 1. The molecular weight excluding hydrogens is 412 g/mol. The Bertz CT molecular complexity index is 1020. The SMILES string of the molecule is O=C(N[C@H]1CCCc2ccccc21)c1cc(S(=O)(=O)N2CCOCC2)ccc1Cl. The fraction of sp³-hybridized carbons (Fsp3) is 0.381. The van der Waals surface area contributed by atoms with E-state index in [2.05, 4.69) is 11.4 Å². The first-order valence-corrected chi connectivity index (χ1v) is 11.5. The fourth-order valence-electron chi connectivity index (χ4n) is 3.91. The van der Waals surface area contributed by atoms with Crippen LogP contribution >= 0.6 is 11.6 Å².